The molecule has 15 heavy (non-hydrogen) atoms. The Morgan fingerprint density at radius 2 is 1.93 bits per heavy atom. The number of benzene rings is 1. The average Bonchev–Trinajstić information content (AvgIpc) is 2.27. The van der Waals surface area contributed by atoms with E-state index in [2.05, 4.69) is 0 Å². The third kappa shape index (κ3) is 4.32. The summed E-state index contributed by atoms with van der Waals surface area (Å²) in [5, 5.41) is 0. The van der Waals surface area contributed by atoms with Crippen LogP contribution in [-0.2, 0) is 11.3 Å². The van der Waals surface area contributed by atoms with Gasteiger partial charge in [0.05, 0.1) is 19.8 Å². The smallest absolute Gasteiger partial charge is 0.118 e. The maximum Gasteiger partial charge on any atom is 0.118 e. The van der Waals surface area contributed by atoms with Gasteiger partial charge in [-0.1, -0.05) is 12.1 Å². The highest BCUT2D eigenvalue weighted by Crippen LogP contribution is 2.12. The number of hydrogen-bond donors (Lipinski definition) is 1. The van der Waals surface area contributed by atoms with Gasteiger partial charge < -0.3 is 15.2 Å². The second-order valence-corrected chi connectivity index (χ2v) is 3.55. The fraction of sp³-hybridized carbons (Fsp3) is 0.500. The summed E-state index contributed by atoms with van der Waals surface area (Å²) < 4.78 is 10.7. The van der Waals surface area contributed by atoms with E-state index in [4.69, 9.17) is 15.2 Å². The van der Waals surface area contributed by atoms with Gasteiger partial charge in [0.15, 0.2) is 0 Å². The summed E-state index contributed by atoms with van der Waals surface area (Å²) in [5.41, 5.74) is 6.59. The second-order valence-electron chi connectivity index (χ2n) is 3.55. The molecule has 1 atom stereocenters. The van der Waals surface area contributed by atoms with Crippen molar-refractivity contribution in [2.24, 2.45) is 5.73 Å². The van der Waals surface area contributed by atoms with Gasteiger partial charge in [-0.25, -0.2) is 0 Å². The summed E-state index contributed by atoms with van der Waals surface area (Å²) in [6.45, 7) is 3.34. The van der Waals surface area contributed by atoms with Crippen LogP contribution in [0.1, 0.15) is 18.9 Å². The van der Waals surface area contributed by atoms with Gasteiger partial charge in [0.2, 0.25) is 0 Å². The minimum atomic E-state index is 0.220. The molecule has 0 aliphatic rings. The molecule has 1 rings (SSSR count). The van der Waals surface area contributed by atoms with Crippen molar-refractivity contribution in [3.05, 3.63) is 29.8 Å². The lowest BCUT2D eigenvalue weighted by Gasteiger charge is -2.11. The highest BCUT2D eigenvalue weighted by molar-refractivity contribution is 5.26. The third-order valence-electron chi connectivity index (χ3n) is 2.27. The van der Waals surface area contributed by atoms with E-state index >= 15 is 0 Å². The van der Waals surface area contributed by atoms with E-state index < -0.39 is 0 Å². The molecule has 0 aliphatic heterocycles. The summed E-state index contributed by atoms with van der Waals surface area (Å²) in [6, 6.07) is 7.89. The molecule has 3 heteroatoms. The van der Waals surface area contributed by atoms with Gasteiger partial charge in [0.1, 0.15) is 5.75 Å². The first-order valence-electron chi connectivity index (χ1n) is 5.21. The van der Waals surface area contributed by atoms with Crippen molar-refractivity contribution < 1.29 is 9.47 Å². The van der Waals surface area contributed by atoms with E-state index in [9.17, 15) is 0 Å². The number of rotatable bonds is 6. The van der Waals surface area contributed by atoms with Crippen LogP contribution >= 0.6 is 0 Å². The van der Waals surface area contributed by atoms with Crippen LogP contribution in [-0.4, -0.2) is 19.8 Å². The van der Waals surface area contributed by atoms with E-state index in [0.29, 0.717) is 13.2 Å². The van der Waals surface area contributed by atoms with Gasteiger partial charge >= 0.3 is 0 Å². The summed E-state index contributed by atoms with van der Waals surface area (Å²) in [6.07, 6.45) is 1.12. The minimum absolute atomic E-state index is 0.220. The zero-order valence-corrected chi connectivity index (χ0v) is 9.40. The van der Waals surface area contributed by atoms with Gasteiger partial charge in [-0.15, -0.1) is 0 Å². The largest absolute Gasteiger partial charge is 0.497 e. The molecule has 0 saturated carbocycles. The summed E-state index contributed by atoms with van der Waals surface area (Å²) in [5.74, 6) is 0.869. The van der Waals surface area contributed by atoms with E-state index in [0.717, 1.165) is 17.7 Å². The van der Waals surface area contributed by atoms with E-state index in [1.54, 1.807) is 7.11 Å². The molecule has 1 aromatic rings. The molecule has 0 radical (unpaired) electrons. The molecule has 0 fully saturated rings. The molecule has 2 N–H and O–H groups in total. The molecule has 0 bridgehead atoms. The normalized spacial score (nSPS) is 12.5. The van der Waals surface area contributed by atoms with E-state index in [1.807, 2.05) is 31.2 Å². The molecule has 0 saturated heterocycles. The lowest BCUT2D eigenvalue weighted by Crippen LogP contribution is -2.13. The lowest BCUT2D eigenvalue weighted by molar-refractivity contribution is 0.0492. The van der Waals surface area contributed by atoms with Crippen LogP contribution in [0.25, 0.3) is 0 Å². The summed E-state index contributed by atoms with van der Waals surface area (Å²) >= 11 is 0. The Bertz CT molecular complexity index is 271. The molecule has 84 valence electrons. The number of ether oxygens (including phenoxy) is 2. The highest BCUT2D eigenvalue weighted by atomic mass is 16.5. The molecule has 0 aromatic heterocycles. The number of nitrogens with two attached hydrogens (primary N) is 1. The molecular weight excluding hydrogens is 190 g/mol. The van der Waals surface area contributed by atoms with Crippen molar-refractivity contribution in [3.8, 4) is 5.75 Å². The van der Waals surface area contributed by atoms with Crippen LogP contribution in [0, 0.1) is 0 Å². The first kappa shape index (κ1) is 12.0. The minimum Gasteiger partial charge on any atom is -0.497 e. The Morgan fingerprint density at radius 3 is 2.47 bits per heavy atom. The van der Waals surface area contributed by atoms with Crippen LogP contribution in [0.4, 0.5) is 0 Å². The molecule has 1 aromatic carbocycles. The average molecular weight is 209 g/mol. The van der Waals surface area contributed by atoms with Crippen LogP contribution in [0.2, 0.25) is 0 Å². The molecule has 1 unspecified atom stereocenters. The van der Waals surface area contributed by atoms with Crippen molar-refractivity contribution in [1.82, 2.24) is 0 Å². The van der Waals surface area contributed by atoms with Crippen LogP contribution < -0.4 is 10.5 Å². The van der Waals surface area contributed by atoms with Crippen molar-refractivity contribution >= 4 is 0 Å². The molecule has 0 aliphatic carbocycles. The zero-order chi connectivity index (χ0) is 11.1. The summed E-state index contributed by atoms with van der Waals surface area (Å²) in [4.78, 5) is 0. The second kappa shape index (κ2) is 6.43. The van der Waals surface area contributed by atoms with Gasteiger partial charge in [-0.2, -0.15) is 0 Å². The maximum absolute atomic E-state index is 5.62. The van der Waals surface area contributed by atoms with Crippen LogP contribution in [0.3, 0.4) is 0 Å². The molecule has 0 heterocycles. The Balaban J connectivity index is 2.37. The Kier molecular flexibility index (Phi) is 5.15. The van der Waals surface area contributed by atoms with Gasteiger partial charge in [-0.3, -0.25) is 0 Å². The standard InChI is InChI=1S/C12H19NO2/c1-10(7-8-13)15-9-11-3-5-12(14-2)6-4-11/h3-6,10H,7-9,13H2,1-2H3. The van der Waals surface area contributed by atoms with Crippen LogP contribution in [0.15, 0.2) is 24.3 Å². The van der Waals surface area contributed by atoms with Crippen molar-refractivity contribution in [2.45, 2.75) is 26.1 Å². The molecular formula is C12H19NO2. The summed E-state index contributed by atoms with van der Waals surface area (Å²) in [7, 11) is 1.66. The third-order valence-corrected chi connectivity index (χ3v) is 2.27. The Hall–Kier alpha value is -1.06. The van der Waals surface area contributed by atoms with Crippen molar-refractivity contribution in [2.75, 3.05) is 13.7 Å². The molecule has 0 amide bonds. The lowest BCUT2D eigenvalue weighted by atomic mass is 10.2. The Labute approximate surface area is 91.2 Å². The molecule has 0 spiro atoms. The Morgan fingerprint density at radius 1 is 1.27 bits per heavy atom. The fourth-order valence-corrected chi connectivity index (χ4v) is 1.28. The SMILES string of the molecule is COc1ccc(COC(C)CCN)cc1. The topological polar surface area (TPSA) is 44.5 Å². The quantitative estimate of drug-likeness (QED) is 0.778. The van der Waals surface area contributed by atoms with Gasteiger partial charge in [-0.05, 0) is 37.6 Å². The first-order chi connectivity index (χ1) is 7.26. The van der Waals surface area contributed by atoms with E-state index in [-0.39, 0.29) is 6.10 Å². The predicted molar refractivity (Wildman–Crippen MR) is 60.9 cm³/mol. The highest BCUT2D eigenvalue weighted by Gasteiger charge is 2.01. The fourth-order valence-electron chi connectivity index (χ4n) is 1.28. The van der Waals surface area contributed by atoms with Gasteiger partial charge in [0, 0.05) is 0 Å². The number of hydrogen-bond acceptors (Lipinski definition) is 3. The van der Waals surface area contributed by atoms with Gasteiger partial charge in [0.25, 0.3) is 0 Å². The monoisotopic (exact) mass is 209 g/mol. The number of methoxy groups -OCH3 is 1. The zero-order valence-electron chi connectivity index (χ0n) is 9.40. The van der Waals surface area contributed by atoms with Crippen LogP contribution in [0.5, 0.6) is 5.75 Å². The first-order valence-corrected chi connectivity index (χ1v) is 5.21. The van der Waals surface area contributed by atoms with E-state index in [1.165, 1.54) is 0 Å². The predicted octanol–water partition coefficient (Wildman–Crippen LogP) is 1.95. The molecule has 3 nitrogen and oxygen atoms in total. The maximum atomic E-state index is 5.62. The van der Waals surface area contributed by atoms with Crippen molar-refractivity contribution in [3.63, 3.8) is 0 Å². The van der Waals surface area contributed by atoms with Crippen molar-refractivity contribution in [1.29, 1.82) is 0 Å².